The molecule has 5 nitrogen and oxygen atoms in total. The summed E-state index contributed by atoms with van der Waals surface area (Å²) in [5, 5.41) is 12.6. The summed E-state index contributed by atoms with van der Waals surface area (Å²) in [4.78, 5) is 11.2. The van der Waals surface area contributed by atoms with Gasteiger partial charge in [0.15, 0.2) is 0 Å². The lowest BCUT2D eigenvalue weighted by Gasteiger charge is -2.13. The van der Waals surface area contributed by atoms with Crippen LogP contribution >= 0.6 is 11.6 Å². The smallest absolute Gasteiger partial charge is 0.337 e. The molecule has 0 aromatic heterocycles. The molecule has 2 rings (SSSR count). The van der Waals surface area contributed by atoms with E-state index in [1.807, 2.05) is 0 Å². The highest BCUT2D eigenvalue weighted by atomic mass is 35.5. The number of aromatic carboxylic acids is 1. The molecule has 0 saturated carbocycles. The molecule has 0 unspecified atom stereocenters. The summed E-state index contributed by atoms with van der Waals surface area (Å²) in [6, 6.07) is 9.58. The maximum atomic E-state index is 11.2. The Labute approximate surface area is 120 Å². The molecule has 0 heterocycles. The van der Waals surface area contributed by atoms with Gasteiger partial charge in [-0.05, 0) is 30.3 Å². The maximum absolute atomic E-state index is 11.2. The molecule has 4 N–H and O–H groups in total. The predicted octanol–water partition coefficient (Wildman–Crippen LogP) is 3.37. The second kappa shape index (κ2) is 5.71. The van der Waals surface area contributed by atoms with E-state index in [9.17, 15) is 4.79 Å². The van der Waals surface area contributed by atoms with Crippen molar-refractivity contribution < 1.29 is 14.6 Å². The lowest BCUT2D eigenvalue weighted by atomic mass is 10.1. The van der Waals surface area contributed by atoms with Crippen molar-refractivity contribution in [3.63, 3.8) is 0 Å². The lowest BCUT2D eigenvalue weighted by Crippen LogP contribution is -2.04. The number of ether oxygens (including phenoxy) is 1. The Hall–Kier alpha value is -2.40. The van der Waals surface area contributed by atoms with Gasteiger partial charge in [0.05, 0.1) is 29.7 Å². The van der Waals surface area contributed by atoms with Crippen LogP contribution in [0.5, 0.6) is 5.75 Å². The summed E-state index contributed by atoms with van der Waals surface area (Å²) in [6.45, 7) is 0. The Morgan fingerprint density at radius 1 is 1.25 bits per heavy atom. The maximum Gasteiger partial charge on any atom is 0.337 e. The number of hydrogen-bond donors (Lipinski definition) is 3. The topological polar surface area (TPSA) is 84.6 Å². The highest BCUT2D eigenvalue weighted by Crippen LogP contribution is 2.30. The monoisotopic (exact) mass is 292 g/mol. The van der Waals surface area contributed by atoms with Crippen LogP contribution in [0.3, 0.4) is 0 Å². The van der Waals surface area contributed by atoms with Gasteiger partial charge < -0.3 is 20.9 Å². The first-order chi connectivity index (χ1) is 9.51. The summed E-state index contributed by atoms with van der Waals surface area (Å²) in [7, 11) is 1.54. The van der Waals surface area contributed by atoms with Crippen LogP contribution in [0.4, 0.5) is 17.1 Å². The van der Waals surface area contributed by atoms with Crippen LogP contribution < -0.4 is 15.8 Å². The van der Waals surface area contributed by atoms with Crippen LogP contribution in [0.15, 0.2) is 36.4 Å². The minimum atomic E-state index is -1.05. The third-order valence-corrected chi connectivity index (χ3v) is 2.98. The number of nitrogen functional groups attached to an aromatic ring is 1. The second-order valence-corrected chi connectivity index (χ2v) is 4.51. The molecule has 0 fully saturated rings. The average molecular weight is 293 g/mol. The largest absolute Gasteiger partial charge is 0.497 e. The van der Waals surface area contributed by atoms with E-state index in [4.69, 9.17) is 27.2 Å². The minimum Gasteiger partial charge on any atom is -0.497 e. The lowest BCUT2D eigenvalue weighted by molar-refractivity contribution is 0.0698. The Bertz CT molecular complexity index is 659. The van der Waals surface area contributed by atoms with Crippen molar-refractivity contribution in [3.05, 3.63) is 47.0 Å². The van der Waals surface area contributed by atoms with Gasteiger partial charge in [0, 0.05) is 11.1 Å². The van der Waals surface area contributed by atoms with E-state index in [2.05, 4.69) is 5.32 Å². The average Bonchev–Trinajstić information content (AvgIpc) is 2.40. The van der Waals surface area contributed by atoms with E-state index in [1.165, 1.54) is 18.2 Å². The summed E-state index contributed by atoms with van der Waals surface area (Å²) in [6.07, 6.45) is 0. The van der Waals surface area contributed by atoms with Gasteiger partial charge in [0.25, 0.3) is 0 Å². The molecule has 0 spiro atoms. The first-order valence-corrected chi connectivity index (χ1v) is 6.12. The Morgan fingerprint density at radius 2 is 2.00 bits per heavy atom. The Morgan fingerprint density at radius 3 is 2.60 bits per heavy atom. The number of methoxy groups -OCH3 is 1. The van der Waals surface area contributed by atoms with E-state index >= 15 is 0 Å². The predicted molar refractivity (Wildman–Crippen MR) is 79.1 cm³/mol. The van der Waals surface area contributed by atoms with Crippen molar-refractivity contribution in [2.24, 2.45) is 0 Å². The van der Waals surface area contributed by atoms with Gasteiger partial charge in [-0.3, -0.25) is 0 Å². The zero-order valence-electron chi connectivity index (χ0n) is 10.7. The van der Waals surface area contributed by atoms with Crippen LogP contribution in [0.25, 0.3) is 0 Å². The molecular weight excluding hydrogens is 280 g/mol. The summed E-state index contributed by atoms with van der Waals surface area (Å²) < 4.78 is 5.06. The van der Waals surface area contributed by atoms with Gasteiger partial charge >= 0.3 is 5.97 Å². The number of benzene rings is 2. The third kappa shape index (κ3) is 2.95. The number of nitrogens with two attached hydrogens (primary N) is 1. The molecule has 2 aromatic rings. The molecule has 0 radical (unpaired) electrons. The van der Waals surface area contributed by atoms with Crippen LogP contribution in [0.2, 0.25) is 5.02 Å². The van der Waals surface area contributed by atoms with Gasteiger partial charge in [-0.1, -0.05) is 11.6 Å². The molecule has 0 aliphatic heterocycles. The molecule has 0 amide bonds. The van der Waals surface area contributed by atoms with Crippen LogP contribution in [0, 0.1) is 0 Å². The van der Waals surface area contributed by atoms with Gasteiger partial charge in [-0.2, -0.15) is 0 Å². The minimum absolute atomic E-state index is 0.115. The Balaban J connectivity index is 2.39. The molecule has 2 aromatic carbocycles. The molecule has 20 heavy (non-hydrogen) atoms. The third-order valence-electron chi connectivity index (χ3n) is 2.74. The number of carbonyl (C=O) groups is 1. The van der Waals surface area contributed by atoms with E-state index in [0.29, 0.717) is 27.8 Å². The molecule has 0 saturated heterocycles. The fraction of sp³-hybridized carbons (Fsp3) is 0.0714. The fourth-order valence-corrected chi connectivity index (χ4v) is 1.91. The van der Waals surface area contributed by atoms with Crippen molar-refractivity contribution in [1.82, 2.24) is 0 Å². The van der Waals surface area contributed by atoms with Gasteiger partial charge in [0.2, 0.25) is 0 Å². The van der Waals surface area contributed by atoms with Crippen molar-refractivity contribution in [3.8, 4) is 5.75 Å². The van der Waals surface area contributed by atoms with Gasteiger partial charge in [0.1, 0.15) is 5.75 Å². The van der Waals surface area contributed by atoms with Gasteiger partial charge in [-0.15, -0.1) is 0 Å². The zero-order valence-corrected chi connectivity index (χ0v) is 11.4. The van der Waals surface area contributed by atoms with Gasteiger partial charge in [-0.25, -0.2) is 4.79 Å². The summed E-state index contributed by atoms with van der Waals surface area (Å²) in [5.41, 5.74) is 7.40. The normalized spacial score (nSPS) is 10.1. The van der Waals surface area contributed by atoms with Crippen molar-refractivity contribution in [2.45, 2.75) is 0 Å². The summed E-state index contributed by atoms with van der Waals surface area (Å²) in [5.74, 6) is -0.422. The first kappa shape index (κ1) is 14.0. The number of halogens is 1. The number of nitrogens with one attached hydrogen (secondary N) is 1. The van der Waals surface area contributed by atoms with E-state index in [1.54, 1.807) is 25.3 Å². The number of anilines is 3. The first-order valence-electron chi connectivity index (χ1n) is 5.74. The zero-order chi connectivity index (χ0) is 14.7. The highest BCUT2D eigenvalue weighted by Gasteiger charge is 2.12. The van der Waals surface area contributed by atoms with Crippen LogP contribution in [0.1, 0.15) is 10.4 Å². The molecule has 0 aliphatic carbocycles. The highest BCUT2D eigenvalue weighted by molar-refractivity contribution is 6.31. The molecule has 0 atom stereocenters. The molecule has 0 bridgehead atoms. The SMILES string of the molecule is COc1ccc(Nc2cc(Cl)ccc2C(=O)O)c(N)c1. The Kier molecular flexibility index (Phi) is 4.00. The van der Waals surface area contributed by atoms with Crippen molar-refractivity contribution in [2.75, 3.05) is 18.2 Å². The molecule has 0 aliphatic rings. The summed E-state index contributed by atoms with van der Waals surface area (Å²) >= 11 is 5.89. The van der Waals surface area contributed by atoms with E-state index in [-0.39, 0.29) is 5.56 Å². The number of hydrogen-bond acceptors (Lipinski definition) is 4. The molecular formula is C14H13ClN2O3. The number of carboxylic acids is 1. The molecule has 6 heteroatoms. The van der Waals surface area contributed by atoms with E-state index < -0.39 is 5.97 Å². The van der Waals surface area contributed by atoms with Crippen LogP contribution in [-0.4, -0.2) is 18.2 Å². The molecule has 104 valence electrons. The van der Waals surface area contributed by atoms with Crippen molar-refractivity contribution in [1.29, 1.82) is 0 Å². The van der Waals surface area contributed by atoms with E-state index in [0.717, 1.165) is 0 Å². The second-order valence-electron chi connectivity index (χ2n) is 4.07. The van der Waals surface area contributed by atoms with Crippen molar-refractivity contribution >= 4 is 34.6 Å². The number of carboxylic acid groups (broad SMARTS) is 1. The standard InChI is InChI=1S/C14H13ClN2O3/c1-20-9-3-5-12(11(16)7-9)17-13-6-8(15)2-4-10(13)14(18)19/h2-7,17H,16H2,1H3,(H,18,19). The van der Waals surface area contributed by atoms with Crippen LogP contribution in [-0.2, 0) is 0 Å². The quantitative estimate of drug-likeness (QED) is 0.752. The fourth-order valence-electron chi connectivity index (χ4n) is 1.73. The number of rotatable bonds is 4.